The molecular formula is C24H23N5O2. The molecule has 0 aliphatic carbocycles. The van der Waals surface area contributed by atoms with E-state index >= 15 is 0 Å². The molecule has 0 saturated carbocycles. The van der Waals surface area contributed by atoms with Crippen LogP contribution in [0.1, 0.15) is 23.9 Å². The molecule has 3 aromatic rings. The van der Waals surface area contributed by atoms with Gasteiger partial charge in [0.25, 0.3) is 0 Å². The summed E-state index contributed by atoms with van der Waals surface area (Å²) in [6, 6.07) is 17.7. The van der Waals surface area contributed by atoms with Crippen LogP contribution in [0.4, 0.5) is 11.4 Å². The summed E-state index contributed by atoms with van der Waals surface area (Å²) in [7, 11) is 0. The van der Waals surface area contributed by atoms with E-state index in [0.717, 1.165) is 43.1 Å². The van der Waals surface area contributed by atoms with E-state index in [1.165, 1.54) is 12.6 Å². The number of nitrogens with zero attached hydrogens (tertiary/aromatic N) is 4. The Morgan fingerprint density at radius 1 is 1.16 bits per heavy atom. The maximum atomic E-state index is 11.3. The molecule has 1 saturated heterocycles. The van der Waals surface area contributed by atoms with E-state index in [-0.39, 0.29) is 5.91 Å². The third-order valence-corrected chi connectivity index (χ3v) is 5.13. The van der Waals surface area contributed by atoms with Gasteiger partial charge in [-0.3, -0.25) is 4.79 Å². The standard InChI is InChI=1S/C24H23N5O2/c1-17(30)27-22-7-4-19(15-20(22)16-25)23-8-9-26-24(28-23)14-18-2-5-21(6-3-18)29-10-12-31-13-11-29/h2-9,15H,10-14H2,1H3,(H,27,30). The van der Waals surface area contributed by atoms with Crippen LogP contribution in [-0.4, -0.2) is 42.2 Å². The lowest BCUT2D eigenvalue weighted by Crippen LogP contribution is -2.36. The molecular weight excluding hydrogens is 390 g/mol. The SMILES string of the molecule is CC(=O)Nc1ccc(-c2ccnc(Cc3ccc(N4CCOCC4)cc3)n2)cc1C#N. The first-order chi connectivity index (χ1) is 15.1. The Morgan fingerprint density at radius 2 is 1.94 bits per heavy atom. The molecule has 156 valence electrons. The summed E-state index contributed by atoms with van der Waals surface area (Å²) in [5, 5.41) is 12.1. The van der Waals surface area contributed by atoms with E-state index < -0.39 is 0 Å². The summed E-state index contributed by atoms with van der Waals surface area (Å²) in [4.78, 5) is 22.7. The number of nitrogens with one attached hydrogen (secondary N) is 1. The van der Waals surface area contributed by atoms with Gasteiger partial charge in [0.15, 0.2) is 0 Å². The molecule has 2 heterocycles. The normalized spacial score (nSPS) is 13.5. The van der Waals surface area contributed by atoms with Gasteiger partial charge in [-0.2, -0.15) is 5.26 Å². The predicted molar refractivity (Wildman–Crippen MR) is 119 cm³/mol. The number of carbonyl (C=O) groups excluding carboxylic acids is 1. The number of amides is 1. The first-order valence-corrected chi connectivity index (χ1v) is 10.2. The Morgan fingerprint density at radius 3 is 2.65 bits per heavy atom. The van der Waals surface area contributed by atoms with Gasteiger partial charge in [0.1, 0.15) is 11.9 Å². The van der Waals surface area contributed by atoms with Crippen molar-refractivity contribution in [3.8, 4) is 17.3 Å². The highest BCUT2D eigenvalue weighted by atomic mass is 16.5. The quantitative estimate of drug-likeness (QED) is 0.689. The molecule has 1 amide bonds. The highest BCUT2D eigenvalue weighted by molar-refractivity contribution is 5.90. The molecule has 0 bridgehead atoms. The van der Waals surface area contributed by atoms with Crippen molar-refractivity contribution >= 4 is 17.3 Å². The summed E-state index contributed by atoms with van der Waals surface area (Å²) in [5.41, 5.74) is 4.76. The molecule has 4 rings (SSSR count). The number of hydrogen-bond acceptors (Lipinski definition) is 6. The van der Waals surface area contributed by atoms with Crippen molar-refractivity contribution in [1.29, 1.82) is 5.26 Å². The van der Waals surface area contributed by atoms with Crippen LogP contribution in [-0.2, 0) is 16.0 Å². The summed E-state index contributed by atoms with van der Waals surface area (Å²) in [6.07, 6.45) is 2.35. The molecule has 0 spiro atoms. The molecule has 1 N–H and O–H groups in total. The Hall–Kier alpha value is -3.76. The van der Waals surface area contributed by atoms with Crippen molar-refractivity contribution in [3.05, 3.63) is 71.7 Å². The van der Waals surface area contributed by atoms with Crippen LogP contribution in [0.2, 0.25) is 0 Å². The van der Waals surface area contributed by atoms with Gasteiger partial charge in [0, 0.05) is 43.9 Å². The highest BCUT2D eigenvalue weighted by Crippen LogP contribution is 2.24. The number of aromatic nitrogens is 2. The molecule has 7 heteroatoms. The number of nitriles is 1. The fourth-order valence-electron chi connectivity index (χ4n) is 3.57. The van der Waals surface area contributed by atoms with Gasteiger partial charge in [-0.05, 0) is 35.9 Å². The average molecular weight is 413 g/mol. The smallest absolute Gasteiger partial charge is 0.221 e. The van der Waals surface area contributed by atoms with Crippen molar-refractivity contribution in [2.45, 2.75) is 13.3 Å². The number of rotatable bonds is 5. The first kappa shape index (κ1) is 20.5. The third-order valence-electron chi connectivity index (χ3n) is 5.13. The Kier molecular flexibility index (Phi) is 6.20. The summed E-state index contributed by atoms with van der Waals surface area (Å²) >= 11 is 0. The van der Waals surface area contributed by atoms with E-state index in [1.54, 1.807) is 18.3 Å². The first-order valence-electron chi connectivity index (χ1n) is 10.2. The van der Waals surface area contributed by atoms with Gasteiger partial charge >= 0.3 is 0 Å². The van der Waals surface area contributed by atoms with E-state index in [1.807, 2.05) is 12.1 Å². The fourth-order valence-corrected chi connectivity index (χ4v) is 3.57. The van der Waals surface area contributed by atoms with E-state index in [9.17, 15) is 10.1 Å². The lowest BCUT2D eigenvalue weighted by atomic mass is 10.1. The van der Waals surface area contributed by atoms with Gasteiger partial charge in [-0.15, -0.1) is 0 Å². The number of carbonyl (C=O) groups is 1. The van der Waals surface area contributed by atoms with Crippen molar-refractivity contribution in [3.63, 3.8) is 0 Å². The van der Waals surface area contributed by atoms with Gasteiger partial charge in [-0.25, -0.2) is 9.97 Å². The maximum absolute atomic E-state index is 11.3. The second kappa shape index (κ2) is 9.37. The second-order valence-electron chi connectivity index (χ2n) is 7.35. The Bertz CT molecular complexity index is 1120. The van der Waals surface area contributed by atoms with Crippen LogP contribution >= 0.6 is 0 Å². The van der Waals surface area contributed by atoms with Crippen LogP contribution in [0.3, 0.4) is 0 Å². The lowest BCUT2D eigenvalue weighted by Gasteiger charge is -2.28. The van der Waals surface area contributed by atoms with Crippen LogP contribution in [0.25, 0.3) is 11.3 Å². The second-order valence-corrected chi connectivity index (χ2v) is 7.35. The predicted octanol–water partition coefficient (Wildman–Crippen LogP) is 3.40. The van der Waals surface area contributed by atoms with Gasteiger partial charge < -0.3 is 15.0 Å². The molecule has 0 atom stereocenters. The average Bonchev–Trinajstić information content (AvgIpc) is 2.80. The van der Waals surface area contributed by atoms with Gasteiger partial charge in [0.05, 0.1) is 30.2 Å². The zero-order valence-electron chi connectivity index (χ0n) is 17.3. The highest BCUT2D eigenvalue weighted by Gasteiger charge is 2.12. The molecule has 31 heavy (non-hydrogen) atoms. The van der Waals surface area contributed by atoms with Crippen molar-refractivity contribution < 1.29 is 9.53 Å². The van der Waals surface area contributed by atoms with E-state index in [2.05, 4.69) is 50.5 Å². The van der Waals surface area contributed by atoms with Crippen molar-refractivity contribution in [1.82, 2.24) is 9.97 Å². The number of hydrogen-bond donors (Lipinski definition) is 1. The van der Waals surface area contributed by atoms with E-state index in [4.69, 9.17) is 4.74 Å². The number of morpholine rings is 1. The molecule has 1 fully saturated rings. The van der Waals surface area contributed by atoms with Crippen LogP contribution < -0.4 is 10.2 Å². The monoisotopic (exact) mass is 413 g/mol. The molecule has 1 aromatic heterocycles. The summed E-state index contributed by atoms with van der Waals surface area (Å²) in [6.45, 7) is 4.77. The Balaban J connectivity index is 1.51. The Labute approximate surface area is 181 Å². The number of benzene rings is 2. The van der Waals surface area contributed by atoms with Crippen LogP contribution in [0.5, 0.6) is 0 Å². The lowest BCUT2D eigenvalue weighted by molar-refractivity contribution is -0.114. The van der Waals surface area contributed by atoms with Crippen LogP contribution in [0.15, 0.2) is 54.7 Å². The molecule has 2 aromatic carbocycles. The number of anilines is 2. The molecule has 7 nitrogen and oxygen atoms in total. The van der Waals surface area contributed by atoms with Gasteiger partial charge in [-0.1, -0.05) is 18.2 Å². The third kappa shape index (κ3) is 5.05. The molecule has 1 aliphatic rings. The van der Waals surface area contributed by atoms with Crippen molar-refractivity contribution in [2.24, 2.45) is 0 Å². The summed E-state index contributed by atoms with van der Waals surface area (Å²) in [5.74, 6) is 0.495. The number of ether oxygens (including phenoxy) is 1. The largest absolute Gasteiger partial charge is 0.378 e. The fraction of sp³-hybridized carbons (Fsp3) is 0.250. The molecule has 0 radical (unpaired) electrons. The van der Waals surface area contributed by atoms with E-state index in [0.29, 0.717) is 23.5 Å². The molecule has 1 aliphatic heterocycles. The minimum Gasteiger partial charge on any atom is -0.378 e. The minimum absolute atomic E-state index is 0.215. The maximum Gasteiger partial charge on any atom is 0.221 e. The topological polar surface area (TPSA) is 91.1 Å². The zero-order valence-corrected chi connectivity index (χ0v) is 17.3. The minimum atomic E-state index is -0.215. The van der Waals surface area contributed by atoms with Gasteiger partial charge in [0.2, 0.25) is 5.91 Å². The zero-order chi connectivity index (χ0) is 21.6. The molecule has 0 unspecified atom stereocenters. The van der Waals surface area contributed by atoms with Crippen LogP contribution in [0, 0.1) is 11.3 Å². The van der Waals surface area contributed by atoms with Crippen molar-refractivity contribution in [2.75, 3.05) is 36.5 Å². The summed E-state index contributed by atoms with van der Waals surface area (Å²) < 4.78 is 5.42.